The average molecular weight is 267 g/mol. The third-order valence-electron chi connectivity index (χ3n) is 3.21. The number of nitro groups is 1. The van der Waals surface area contributed by atoms with Gasteiger partial charge in [-0.3, -0.25) is 14.9 Å². The van der Waals surface area contributed by atoms with Crippen LogP contribution >= 0.6 is 0 Å². The molecule has 8 nitrogen and oxygen atoms in total. The van der Waals surface area contributed by atoms with E-state index in [1.54, 1.807) is 7.05 Å². The highest BCUT2D eigenvalue weighted by Gasteiger charge is 2.30. The van der Waals surface area contributed by atoms with Gasteiger partial charge in [0.2, 0.25) is 11.7 Å². The van der Waals surface area contributed by atoms with E-state index < -0.39 is 11.0 Å². The number of carbonyl (C=O) groups is 1. The molecule has 0 radical (unpaired) electrons. The molecular weight excluding hydrogens is 250 g/mol. The number of nitrogens with one attached hydrogen (secondary N) is 2. The summed E-state index contributed by atoms with van der Waals surface area (Å²) in [4.78, 5) is 22.4. The van der Waals surface area contributed by atoms with Crippen LogP contribution in [0.2, 0.25) is 0 Å². The molecule has 1 saturated heterocycles. The number of rotatable bonds is 4. The fraction of sp³-hybridized carbons (Fsp3) is 0.636. The maximum Gasteiger partial charge on any atom is 0.334 e. The van der Waals surface area contributed by atoms with E-state index in [1.165, 1.54) is 4.68 Å². The van der Waals surface area contributed by atoms with E-state index in [2.05, 4.69) is 15.7 Å². The summed E-state index contributed by atoms with van der Waals surface area (Å²) in [5.41, 5.74) is 0.384. The zero-order chi connectivity index (χ0) is 14.0. The van der Waals surface area contributed by atoms with Gasteiger partial charge in [-0.15, -0.1) is 0 Å². The number of nitrogens with zero attached hydrogens (tertiary/aromatic N) is 3. The number of hydrogen-bond acceptors (Lipinski definition) is 5. The van der Waals surface area contributed by atoms with E-state index in [-0.39, 0.29) is 11.6 Å². The molecule has 1 atom stereocenters. The van der Waals surface area contributed by atoms with E-state index in [9.17, 15) is 14.9 Å². The predicted octanol–water partition coefficient (Wildman–Crippen LogP) is 0.581. The van der Waals surface area contributed by atoms with Crippen LogP contribution in [0.4, 0.5) is 11.5 Å². The highest BCUT2D eigenvalue weighted by atomic mass is 16.6. The lowest BCUT2D eigenvalue weighted by Crippen LogP contribution is -2.44. The van der Waals surface area contributed by atoms with Gasteiger partial charge in [0.15, 0.2) is 0 Å². The molecule has 2 N–H and O–H groups in total. The minimum atomic E-state index is -0.450. The highest BCUT2D eigenvalue weighted by Crippen LogP contribution is 2.29. The molecule has 0 spiro atoms. The largest absolute Gasteiger partial charge is 0.354 e. The van der Waals surface area contributed by atoms with Gasteiger partial charge in [-0.2, -0.15) is 5.10 Å². The number of anilines is 1. The van der Waals surface area contributed by atoms with Crippen LogP contribution < -0.4 is 10.6 Å². The molecule has 1 amide bonds. The van der Waals surface area contributed by atoms with Crippen molar-refractivity contribution in [2.24, 2.45) is 7.05 Å². The Bertz CT molecular complexity index is 511. The lowest BCUT2D eigenvalue weighted by atomic mass is 10.1. The summed E-state index contributed by atoms with van der Waals surface area (Å²) in [5, 5.41) is 21.0. The van der Waals surface area contributed by atoms with Gasteiger partial charge < -0.3 is 10.6 Å². The Hall–Kier alpha value is -2.12. The zero-order valence-electron chi connectivity index (χ0n) is 11.0. The number of amides is 1. The molecule has 0 bridgehead atoms. The van der Waals surface area contributed by atoms with E-state index in [0.29, 0.717) is 30.9 Å². The summed E-state index contributed by atoms with van der Waals surface area (Å²) in [7, 11) is 1.63. The normalized spacial score (nSPS) is 19.1. The Labute approximate surface area is 110 Å². The van der Waals surface area contributed by atoms with Crippen LogP contribution in [-0.4, -0.2) is 33.2 Å². The van der Waals surface area contributed by atoms with Gasteiger partial charge in [0.05, 0.1) is 4.92 Å². The number of aromatic nitrogens is 2. The summed E-state index contributed by atoms with van der Waals surface area (Å²) in [6, 6.07) is -0.437. The van der Waals surface area contributed by atoms with E-state index in [1.807, 2.05) is 6.92 Å². The molecule has 1 aromatic rings. The molecule has 2 rings (SSSR count). The standard InChI is InChI=1S/C11H17N5O3/c1-3-7-9(16(18)19)10(15(2)14-7)13-8-5-4-6-12-11(8)17/h8,13H,3-6H2,1-2H3,(H,12,17). The van der Waals surface area contributed by atoms with Crippen molar-refractivity contribution in [2.45, 2.75) is 32.2 Å². The molecule has 0 aromatic carbocycles. The topological polar surface area (TPSA) is 102 Å². The van der Waals surface area contributed by atoms with E-state index in [4.69, 9.17) is 0 Å². The molecule has 1 unspecified atom stereocenters. The summed E-state index contributed by atoms with van der Waals surface area (Å²) in [5.74, 6) is 0.170. The molecule has 0 aliphatic carbocycles. The predicted molar refractivity (Wildman–Crippen MR) is 68.9 cm³/mol. The van der Waals surface area contributed by atoms with Gasteiger partial charge in [-0.1, -0.05) is 6.92 Å². The van der Waals surface area contributed by atoms with E-state index >= 15 is 0 Å². The van der Waals surface area contributed by atoms with Crippen molar-refractivity contribution in [1.82, 2.24) is 15.1 Å². The molecule has 104 valence electrons. The molecule has 8 heteroatoms. The molecule has 1 fully saturated rings. The smallest absolute Gasteiger partial charge is 0.334 e. The maximum atomic E-state index is 11.7. The lowest BCUT2D eigenvalue weighted by molar-refractivity contribution is -0.384. The number of hydrogen-bond donors (Lipinski definition) is 2. The fourth-order valence-corrected chi connectivity index (χ4v) is 2.23. The third kappa shape index (κ3) is 2.51. The first-order valence-corrected chi connectivity index (χ1v) is 6.29. The minimum Gasteiger partial charge on any atom is -0.354 e. The first kappa shape index (κ1) is 13.3. The Morgan fingerprint density at radius 3 is 2.95 bits per heavy atom. The van der Waals surface area contributed by atoms with Crippen molar-refractivity contribution in [1.29, 1.82) is 0 Å². The van der Waals surface area contributed by atoms with E-state index in [0.717, 1.165) is 6.42 Å². The minimum absolute atomic E-state index is 0.0385. The summed E-state index contributed by atoms with van der Waals surface area (Å²) >= 11 is 0. The molecule has 19 heavy (non-hydrogen) atoms. The fourth-order valence-electron chi connectivity index (χ4n) is 2.23. The monoisotopic (exact) mass is 267 g/mol. The van der Waals surface area contributed by atoms with Crippen molar-refractivity contribution in [3.63, 3.8) is 0 Å². The number of carbonyl (C=O) groups excluding carboxylic acids is 1. The quantitative estimate of drug-likeness (QED) is 0.613. The lowest BCUT2D eigenvalue weighted by Gasteiger charge is -2.23. The van der Waals surface area contributed by atoms with Crippen molar-refractivity contribution < 1.29 is 9.72 Å². The first-order chi connectivity index (χ1) is 9.04. The summed E-state index contributed by atoms with van der Waals surface area (Å²) in [6.07, 6.45) is 1.99. The van der Waals surface area contributed by atoms with Crippen LogP contribution in [0.25, 0.3) is 0 Å². The van der Waals surface area contributed by atoms with Gasteiger partial charge in [0.25, 0.3) is 0 Å². The van der Waals surface area contributed by atoms with Crippen LogP contribution in [0.5, 0.6) is 0 Å². The van der Waals surface area contributed by atoms with Gasteiger partial charge >= 0.3 is 5.69 Å². The second kappa shape index (κ2) is 5.25. The van der Waals surface area contributed by atoms with Gasteiger partial charge in [-0.25, -0.2) is 4.68 Å². The second-order valence-corrected chi connectivity index (χ2v) is 4.51. The molecule has 1 aromatic heterocycles. The Balaban J connectivity index is 2.31. The van der Waals surface area contributed by atoms with Crippen LogP contribution in [-0.2, 0) is 18.3 Å². The van der Waals surface area contributed by atoms with Crippen LogP contribution in [0.3, 0.4) is 0 Å². The van der Waals surface area contributed by atoms with Crippen molar-refractivity contribution >= 4 is 17.4 Å². The highest BCUT2D eigenvalue weighted by molar-refractivity contribution is 5.85. The van der Waals surface area contributed by atoms with Gasteiger partial charge in [0.1, 0.15) is 11.7 Å². The van der Waals surface area contributed by atoms with Crippen molar-refractivity contribution in [3.05, 3.63) is 15.8 Å². The summed E-state index contributed by atoms with van der Waals surface area (Å²) < 4.78 is 1.43. The Morgan fingerprint density at radius 1 is 1.63 bits per heavy atom. The first-order valence-electron chi connectivity index (χ1n) is 6.29. The molecule has 0 saturated carbocycles. The number of aryl methyl sites for hydroxylation is 2. The molecule has 2 heterocycles. The molecule has 1 aliphatic heterocycles. The molecular formula is C11H17N5O3. The average Bonchev–Trinajstić information content (AvgIpc) is 2.69. The van der Waals surface area contributed by atoms with Gasteiger partial charge in [0, 0.05) is 13.6 Å². The SMILES string of the molecule is CCc1nn(C)c(NC2CCCNC2=O)c1[N+](=O)[O-]. The third-order valence-corrected chi connectivity index (χ3v) is 3.21. The van der Waals surface area contributed by atoms with Crippen LogP contribution in [0, 0.1) is 10.1 Å². The van der Waals surface area contributed by atoms with Crippen molar-refractivity contribution in [3.8, 4) is 0 Å². The maximum absolute atomic E-state index is 11.7. The van der Waals surface area contributed by atoms with Gasteiger partial charge in [-0.05, 0) is 19.3 Å². The zero-order valence-corrected chi connectivity index (χ0v) is 11.0. The van der Waals surface area contributed by atoms with Crippen molar-refractivity contribution in [2.75, 3.05) is 11.9 Å². The molecule has 1 aliphatic rings. The van der Waals surface area contributed by atoms with Crippen LogP contribution in [0.15, 0.2) is 0 Å². The summed E-state index contributed by atoms with van der Waals surface area (Å²) in [6.45, 7) is 2.47. The second-order valence-electron chi connectivity index (χ2n) is 4.51. The Kier molecular flexibility index (Phi) is 3.68. The number of piperidine rings is 1. The Morgan fingerprint density at radius 2 is 2.37 bits per heavy atom. The van der Waals surface area contributed by atoms with Crippen LogP contribution in [0.1, 0.15) is 25.5 Å².